The Labute approximate surface area is 129 Å². The first-order valence-corrected chi connectivity index (χ1v) is 8.01. The zero-order valence-electron chi connectivity index (χ0n) is 12.8. The molecular formula is C13H25BrN6. The Morgan fingerprint density at radius 1 is 1.35 bits per heavy atom. The third kappa shape index (κ3) is 3.39. The van der Waals surface area contributed by atoms with E-state index in [1.807, 2.05) is 11.7 Å². The first kappa shape index (κ1) is 15.9. The van der Waals surface area contributed by atoms with Crippen molar-refractivity contribution in [3.63, 3.8) is 0 Å². The molecule has 1 aliphatic heterocycles. The molecule has 0 saturated carbocycles. The van der Waals surface area contributed by atoms with Crippen LogP contribution in [0.15, 0.2) is 4.60 Å². The van der Waals surface area contributed by atoms with Crippen LogP contribution in [0.2, 0.25) is 0 Å². The summed E-state index contributed by atoms with van der Waals surface area (Å²) in [6, 6.07) is 0.635. The van der Waals surface area contributed by atoms with Gasteiger partial charge in [0.05, 0.1) is 11.7 Å². The van der Waals surface area contributed by atoms with Crippen molar-refractivity contribution in [2.24, 2.45) is 7.05 Å². The molecule has 0 aromatic carbocycles. The lowest BCUT2D eigenvalue weighted by atomic mass is 10.0. The third-order valence-electron chi connectivity index (χ3n) is 4.05. The van der Waals surface area contributed by atoms with Crippen molar-refractivity contribution in [1.82, 2.24) is 30.1 Å². The van der Waals surface area contributed by atoms with Gasteiger partial charge >= 0.3 is 0 Å². The fourth-order valence-corrected chi connectivity index (χ4v) is 3.54. The molecule has 6 nitrogen and oxygen atoms in total. The molecule has 1 aromatic heterocycles. The van der Waals surface area contributed by atoms with E-state index in [9.17, 15) is 0 Å². The average molecular weight is 345 g/mol. The quantitative estimate of drug-likeness (QED) is 0.877. The van der Waals surface area contributed by atoms with E-state index < -0.39 is 0 Å². The Morgan fingerprint density at radius 3 is 2.70 bits per heavy atom. The fraction of sp³-hybridized carbons (Fsp3) is 0.846. The van der Waals surface area contributed by atoms with Crippen molar-refractivity contribution in [2.75, 3.05) is 40.3 Å². The maximum atomic E-state index is 4.14. The largest absolute Gasteiger partial charge is 0.307 e. The summed E-state index contributed by atoms with van der Waals surface area (Å²) in [6.07, 6.45) is 1.22. The van der Waals surface area contributed by atoms with Crippen LogP contribution in [0.4, 0.5) is 0 Å². The third-order valence-corrected chi connectivity index (χ3v) is 4.61. The first-order chi connectivity index (χ1) is 9.54. The summed E-state index contributed by atoms with van der Waals surface area (Å²) in [5.41, 5.74) is 1.12. The molecule has 1 N–H and O–H groups in total. The van der Waals surface area contributed by atoms with Crippen molar-refractivity contribution in [3.8, 4) is 0 Å². The number of nitrogens with zero attached hydrogens (tertiary/aromatic N) is 5. The molecule has 20 heavy (non-hydrogen) atoms. The maximum absolute atomic E-state index is 4.14. The van der Waals surface area contributed by atoms with Gasteiger partial charge in [0.2, 0.25) is 0 Å². The molecular weight excluding hydrogens is 320 g/mol. The predicted molar refractivity (Wildman–Crippen MR) is 83.7 cm³/mol. The van der Waals surface area contributed by atoms with Crippen LogP contribution in [0.25, 0.3) is 0 Å². The van der Waals surface area contributed by atoms with Crippen molar-refractivity contribution in [1.29, 1.82) is 0 Å². The van der Waals surface area contributed by atoms with Crippen LogP contribution in [0.1, 0.15) is 25.1 Å². The van der Waals surface area contributed by atoms with Gasteiger partial charge in [0.25, 0.3) is 0 Å². The summed E-state index contributed by atoms with van der Waals surface area (Å²) in [7, 11) is 6.37. The van der Waals surface area contributed by atoms with Crippen LogP contribution in [0, 0.1) is 0 Å². The number of hydrogen-bond donors (Lipinski definition) is 1. The second kappa shape index (κ2) is 6.98. The second-order valence-electron chi connectivity index (χ2n) is 5.59. The Morgan fingerprint density at radius 2 is 2.10 bits per heavy atom. The maximum Gasteiger partial charge on any atom is 0.153 e. The van der Waals surface area contributed by atoms with Crippen molar-refractivity contribution < 1.29 is 0 Å². The van der Waals surface area contributed by atoms with E-state index in [0.717, 1.165) is 36.5 Å². The molecule has 1 aliphatic rings. The van der Waals surface area contributed by atoms with Gasteiger partial charge in [0.15, 0.2) is 4.60 Å². The van der Waals surface area contributed by atoms with Gasteiger partial charge in [0, 0.05) is 19.6 Å². The molecule has 2 rings (SSSR count). The molecule has 0 aliphatic carbocycles. The normalized spacial score (nSPS) is 23.8. The van der Waals surface area contributed by atoms with Crippen molar-refractivity contribution in [3.05, 3.63) is 10.3 Å². The topological polar surface area (TPSA) is 49.2 Å². The number of aryl methyl sites for hydroxylation is 1. The Bertz CT molecular complexity index is 415. The number of nitrogens with one attached hydrogen (secondary N) is 1. The summed E-state index contributed by atoms with van der Waals surface area (Å²) in [5.74, 6) is 0. The summed E-state index contributed by atoms with van der Waals surface area (Å²) in [6.45, 7) is 6.40. The summed E-state index contributed by atoms with van der Waals surface area (Å²) in [5, 5.41) is 11.9. The highest BCUT2D eigenvalue weighted by Crippen LogP contribution is 2.27. The van der Waals surface area contributed by atoms with Gasteiger partial charge < -0.3 is 15.1 Å². The highest BCUT2D eigenvalue weighted by atomic mass is 79.9. The Kier molecular flexibility index (Phi) is 5.54. The molecule has 2 heterocycles. The molecule has 0 spiro atoms. The minimum absolute atomic E-state index is 0.222. The van der Waals surface area contributed by atoms with Crippen LogP contribution in [-0.4, -0.2) is 71.1 Å². The second-order valence-corrected chi connectivity index (χ2v) is 6.34. The lowest BCUT2D eigenvalue weighted by Gasteiger charge is -2.35. The lowest BCUT2D eigenvalue weighted by molar-refractivity contribution is 0.175. The van der Waals surface area contributed by atoms with Crippen LogP contribution in [-0.2, 0) is 7.05 Å². The van der Waals surface area contributed by atoms with Crippen LogP contribution >= 0.6 is 15.9 Å². The zero-order chi connectivity index (χ0) is 14.7. The number of hydrogen-bond acceptors (Lipinski definition) is 5. The van der Waals surface area contributed by atoms with Gasteiger partial charge in [-0.1, -0.05) is 12.1 Å². The number of likely N-dealkylation sites (N-methyl/N-ethyl adjacent to an activating group) is 3. The van der Waals surface area contributed by atoms with Gasteiger partial charge in [-0.25, -0.2) is 4.68 Å². The summed E-state index contributed by atoms with van der Waals surface area (Å²) in [4.78, 5) is 4.87. The monoisotopic (exact) mass is 344 g/mol. The smallest absolute Gasteiger partial charge is 0.153 e. The first-order valence-electron chi connectivity index (χ1n) is 7.21. The van der Waals surface area contributed by atoms with Gasteiger partial charge in [-0.2, -0.15) is 0 Å². The standard InChI is InChI=1S/C13H25BrN6/c1-5-15-11(12-13(14)16-17-20(12)4)10-9-18(2)7-6-8-19(10)3/h10-11,15H,5-9H2,1-4H3. The average Bonchev–Trinajstić information content (AvgIpc) is 2.63. The zero-order valence-corrected chi connectivity index (χ0v) is 14.4. The van der Waals surface area contributed by atoms with E-state index in [1.165, 1.54) is 6.42 Å². The molecule has 1 fully saturated rings. The lowest BCUT2D eigenvalue weighted by Crippen LogP contribution is -2.47. The number of halogens is 1. The van der Waals surface area contributed by atoms with Crippen molar-refractivity contribution >= 4 is 15.9 Å². The fourth-order valence-electron chi connectivity index (χ4n) is 2.97. The molecule has 2 unspecified atom stereocenters. The Hall–Kier alpha value is -0.500. The van der Waals surface area contributed by atoms with Crippen LogP contribution < -0.4 is 5.32 Å². The van der Waals surface area contributed by atoms with Crippen molar-refractivity contribution in [2.45, 2.75) is 25.4 Å². The molecule has 114 valence electrons. The number of rotatable bonds is 4. The Balaban J connectivity index is 2.31. The molecule has 0 amide bonds. The highest BCUT2D eigenvalue weighted by Gasteiger charge is 2.32. The van der Waals surface area contributed by atoms with E-state index in [4.69, 9.17) is 0 Å². The van der Waals surface area contributed by atoms with Gasteiger partial charge in [-0.15, -0.1) is 5.10 Å². The highest BCUT2D eigenvalue weighted by molar-refractivity contribution is 9.10. The SMILES string of the molecule is CCNC(c1c(Br)nnn1C)C1CN(C)CCCN1C. The van der Waals surface area contributed by atoms with E-state index >= 15 is 0 Å². The minimum atomic E-state index is 0.222. The molecule has 2 atom stereocenters. The van der Waals surface area contributed by atoms with E-state index in [2.05, 4.69) is 62.4 Å². The summed E-state index contributed by atoms with van der Waals surface area (Å²) >= 11 is 3.54. The molecule has 7 heteroatoms. The predicted octanol–water partition coefficient (Wildman–Crippen LogP) is 0.864. The molecule has 0 radical (unpaired) electrons. The van der Waals surface area contributed by atoms with Gasteiger partial charge in [0.1, 0.15) is 0 Å². The minimum Gasteiger partial charge on any atom is -0.307 e. The van der Waals surface area contributed by atoms with Crippen LogP contribution in [0.3, 0.4) is 0 Å². The number of aromatic nitrogens is 3. The molecule has 1 saturated heterocycles. The van der Waals surface area contributed by atoms with Gasteiger partial charge in [-0.05, 0) is 56.1 Å². The van der Waals surface area contributed by atoms with E-state index in [-0.39, 0.29) is 6.04 Å². The van der Waals surface area contributed by atoms with E-state index in [1.54, 1.807) is 0 Å². The van der Waals surface area contributed by atoms with Crippen LogP contribution in [0.5, 0.6) is 0 Å². The summed E-state index contributed by atoms with van der Waals surface area (Å²) < 4.78 is 2.71. The molecule has 1 aromatic rings. The van der Waals surface area contributed by atoms with Gasteiger partial charge in [-0.3, -0.25) is 0 Å². The molecule has 0 bridgehead atoms. The van der Waals surface area contributed by atoms with E-state index in [0.29, 0.717) is 6.04 Å².